The number of esters is 1. The first kappa shape index (κ1) is 17.7. The Kier molecular flexibility index (Phi) is 4.31. The third-order valence-electron chi connectivity index (χ3n) is 4.63. The van der Waals surface area contributed by atoms with Crippen LogP contribution in [0.15, 0.2) is 63.8 Å². The number of carbonyl (C=O) groups excluding carboxylic acids is 2. The average Bonchev–Trinajstić information content (AvgIpc) is 3.02. The van der Waals surface area contributed by atoms with Gasteiger partial charge < -0.3 is 14.1 Å². The molecule has 0 bridgehead atoms. The topological polar surface area (TPSA) is 89.4 Å². The molecule has 2 aromatic carbocycles. The molecule has 28 heavy (non-hydrogen) atoms. The van der Waals surface area contributed by atoms with E-state index in [0.717, 1.165) is 17.0 Å². The van der Waals surface area contributed by atoms with Gasteiger partial charge in [-0.1, -0.05) is 30.3 Å². The minimum Gasteiger partial charge on any atom is -0.449 e. The SMILES string of the molecule is Cc1[nH]c2ccccc2c1C(=O)[C@@H](C)OC(=O)c1cc(=O)c2ccccc2o1. The molecule has 0 unspecified atom stereocenters. The molecule has 1 N–H and O–H groups in total. The first-order chi connectivity index (χ1) is 13.5. The number of fused-ring (bicyclic) bond motifs is 2. The van der Waals surface area contributed by atoms with Gasteiger partial charge in [0.2, 0.25) is 11.5 Å². The number of ether oxygens (including phenoxy) is 1. The van der Waals surface area contributed by atoms with Gasteiger partial charge in [0.05, 0.1) is 5.39 Å². The second-order valence-corrected chi connectivity index (χ2v) is 6.55. The van der Waals surface area contributed by atoms with Gasteiger partial charge >= 0.3 is 5.97 Å². The first-order valence-electron chi connectivity index (χ1n) is 8.81. The molecule has 4 rings (SSSR count). The van der Waals surface area contributed by atoms with Crippen molar-refractivity contribution in [1.29, 1.82) is 0 Å². The van der Waals surface area contributed by atoms with Crippen molar-refractivity contribution in [1.82, 2.24) is 4.98 Å². The molecule has 0 amide bonds. The highest BCUT2D eigenvalue weighted by molar-refractivity contribution is 6.11. The summed E-state index contributed by atoms with van der Waals surface area (Å²) in [5.74, 6) is -1.42. The summed E-state index contributed by atoms with van der Waals surface area (Å²) in [6.45, 7) is 3.30. The molecule has 0 fully saturated rings. The maximum absolute atomic E-state index is 12.9. The van der Waals surface area contributed by atoms with E-state index >= 15 is 0 Å². The number of hydrogen-bond donors (Lipinski definition) is 1. The molecule has 6 heteroatoms. The van der Waals surface area contributed by atoms with Crippen LogP contribution in [0.1, 0.15) is 33.5 Å². The van der Waals surface area contributed by atoms with Crippen molar-refractivity contribution < 1.29 is 18.7 Å². The highest BCUT2D eigenvalue weighted by Crippen LogP contribution is 2.24. The number of aromatic amines is 1. The van der Waals surface area contributed by atoms with E-state index in [1.807, 2.05) is 24.3 Å². The molecule has 4 aromatic rings. The van der Waals surface area contributed by atoms with Crippen LogP contribution in [-0.4, -0.2) is 22.8 Å². The van der Waals surface area contributed by atoms with Crippen LogP contribution in [-0.2, 0) is 4.74 Å². The first-order valence-corrected chi connectivity index (χ1v) is 8.81. The van der Waals surface area contributed by atoms with E-state index in [2.05, 4.69) is 4.98 Å². The minimum atomic E-state index is -1.04. The summed E-state index contributed by atoms with van der Waals surface area (Å²) in [5, 5.41) is 1.14. The van der Waals surface area contributed by atoms with Gasteiger partial charge in [-0.3, -0.25) is 9.59 Å². The van der Waals surface area contributed by atoms with Crippen LogP contribution in [0.2, 0.25) is 0 Å². The van der Waals surface area contributed by atoms with Crippen LogP contribution in [0, 0.1) is 6.92 Å². The molecule has 1 atom stereocenters. The second-order valence-electron chi connectivity index (χ2n) is 6.55. The number of aromatic nitrogens is 1. The van der Waals surface area contributed by atoms with E-state index in [4.69, 9.17) is 9.15 Å². The van der Waals surface area contributed by atoms with Crippen molar-refractivity contribution >= 4 is 33.6 Å². The molecule has 0 aliphatic heterocycles. The summed E-state index contributed by atoms with van der Waals surface area (Å²) in [6.07, 6.45) is -1.04. The van der Waals surface area contributed by atoms with Crippen molar-refractivity contribution in [2.75, 3.05) is 0 Å². The van der Waals surface area contributed by atoms with Crippen molar-refractivity contribution in [3.05, 3.63) is 81.8 Å². The van der Waals surface area contributed by atoms with Crippen molar-refractivity contribution in [3.63, 3.8) is 0 Å². The molecule has 0 spiro atoms. The number of hydrogen-bond acceptors (Lipinski definition) is 5. The molecule has 2 aromatic heterocycles. The molecule has 0 saturated carbocycles. The Balaban J connectivity index is 1.62. The fourth-order valence-electron chi connectivity index (χ4n) is 3.27. The Labute approximate surface area is 159 Å². The maximum atomic E-state index is 12.9. The Morgan fingerprint density at radius 1 is 1.04 bits per heavy atom. The molecule has 0 aliphatic carbocycles. The summed E-state index contributed by atoms with van der Waals surface area (Å²) in [5.41, 5.74) is 1.96. The van der Waals surface area contributed by atoms with Gasteiger partial charge in [-0.05, 0) is 32.0 Å². The number of benzene rings is 2. The summed E-state index contributed by atoms with van der Waals surface area (Å²) in [4.78, 5) is 40.7. The molecule has 0 radical (unpaired) electrons. The van der Waals surface area contributed by atoms with E-state index in [1.54, 1.807) is 31.2 Å². The highest BCUT2D eigenvalue weighted by atomic mass is 16.6. The molecular formula is C22H17NO5. The van der Waals surface area contributed by atoms with E-state index in [-0.39, 0.29) is 22.6 Å². The fraction of sp³-hybridized carbons (Fsp3) is 0.136. The molecule has 6 nitrogen and oxygen atoms in total. The van der Waals surface area contributed by atoms with Gasteiger partial charge in [0.1, 0.15) is 5.58 Å². The zero-order valence-corrected chi connectivity index (χ0v) is 15.3. The number of H-pyrrole nitrogens is 1. The van der Waals surface area contributed by atoms with Gasteiger partial charge in [-0.25, -0.2) is 4.79 Å². The number of aryl methyl sites for hydroxylation is 1. The number of carbonyl (C=O) groups is 2. The van der Waals surface area contributed by atoms with Crippen LogP contribution in [0.25, 0.3) is 21.9 Å². The number of ketones is 1. The fourth-order valence-corrected chi connectivity index (χ4v) is 3.27. The standard InChI is InChI=1S/C22H17NO5/c1-12-20(14-7-3-5-9-16(14)23-12)21(25)13(2)27-22(26)19-11-17(24)15-8-4-6-10-18(15)28-19/h3-11,13,23H,1-2H3/t13-/m1/s1. The molecule has 0 aliphatic rings. The monoisotopic (exact) mass is 375 g/mol. The predicted molar refractivity (Wildman–Crippen MR) is 105 cm³/mol. The smallest absolute Gasteiger partial charge is 0.375 e. The molecule has 2 heterocycles. The van der Waals surface area contributed by atoms with Crippen LogP contribution in [0.4, 0.5) is 0 Å². The van der Waals surface area contributed by atoms with E-state index in [9.17, 15) is 14.4 Å². The lowest BCUT2D eigenvalue weighted by atomic mass is 10.0. The van der Waals surface area contributed by atoms with Crippen LogP contribution >= 0.6 is 0 Å². The molecular weight excluding hydrogens is 358 g/mol. The van der Waals surface area contributed by atoms with E-state index in [1.165, 1.54) is 6.92 Å². The molecule has 140 valence electrons. The van der Waals surface area contributed by atoms with E-state index in [0.29, 0.717) is 16.6 Å². The average molecular weight is 375 g/mol. The van der Waals surface area contributed by atoms with Gasteiger partial charge in [-0.2, -0.15) is 0 Å². The summed E-state index contributed by atoms with van der Waals surface area (Å²) in [7, 11) is 0. The van der Waals surface area contributed by atoms with Gasteiger partial charge in [0.15, 0.2) is 11.5 Å². The number of nitrogens with one attached hydrogen (secondary N) is 1. The largest absolute Gasteiger partial charge is 0.449 e. The minimum absolute atomic E-state index is 0.237. The lowest BCUT2D eigenvalue weighted by molar-refractivity contribution is 0.0290. The summed E-state index contributed by atoms with van der Waals surface area (Å²) >= 11 is 0. The van der Waals surface area contributed by atoms with Crippen molar-refractivity contribution in [2.24, 2.45) is 0 Å². The Morgan fingerprint density at radius 3 is 2.50 bits per heavy atom. The van der Waals surface area contributed by atoms with Crippen molar-refractivity contribution in [2.45, 2.75) is 20.0 Å². The Morgan fingerprint density at radius 2 is 1.71 bits per heavy atom. The third kappa shape index (κ3) is 2.99. The summed E-state index contributed by atoms with van der Waals surface area (Å²) in [6, 6.07) is 15.1. The van der Waals surface area contributed by atoms with Crippen LogP contribution in [0.3, 0.4) is 0 Å². The number of rotatable bonds is 4. The zero-order valence-electron chi connectivity index (χ0n) is 15.3. The van der Waals surface area contributed by atoms with Gasteiger partial charge in [0.25, 0.3) is 0 Å². The Bertz CT molecular complexity index is 1280. The highest BCUT2D eigenvalue weighted by Gasteiger charge is 2.26. The number of para-hydroxylation sites is 2. The Hall–Kier alpha value is -3.67. The lowest BCUT2D eigenvalue weighted by Crippen LogP contribution is -2.25. The van der Waals surface area contributed by atoms with Crippen LogP contribution in [0.5, 0.6) is 0 Å². The predicted octanol–water partition coefficient (Wildman–Crippen LogP) is 4.01. The van der Waals surface area contributed by atoms with E-state index < -0.39 is 12.1 Å². The number of Topliss-reactive ketones (excluding diaryl/α,β-unsaturated/α-hetero) is 1. The normalized spacial score (nSPS) is 12.2. The second kappa shape index (κ2) is 6.81. The zero-order chi connectivity index (χ0) is 19.8. The quantitative estimate of drug-likeness (QED) is 0.430. The van der Waals surface area contributed by atoms with Gasteiger partial charge in [-0.15, -0.1) is 0 Å². The van der Waals surface area contributed by atoms with Gasteiger partial charge in [0, 0.05) is 28.2 Å². The summed E-state index contributed by atoms with van der Waals surface area (Å²) < 4.78 is 10.8. The maximum Gasteiger partial charge on any atom is 0.375 e. The third-order valence-corrected chi connectivity index (χ3v) is 4.63. The van der Waals surface area contributed by atoms with Crippen LogP contribution < -0.4 is 5.43 Å². The molecule has 0 saturated heterocycles. The lowest BCUT2D eigenvalue weighted by Gasteiger charge is -2.12. The van der Waals surface area contributed by atoms with Crippen molar-refractivity contribution in [3.8, 4) is 0 Å².